The normalized spacial score (nSPS) is 11.5. The highest BCUT2D eigenvalue weighted by Crippen LogP contribution is 2.22. The van der Waals surface area contributed by atoms with Crippen LogP contribution in [0.15, 0.2) is 27.6 Å². The number of carbonyl (C=O) groups excluding carboxylic acids is 1. The van der Waals surface area contributed by atoms with Gasteiger partial charge in [0.2, 0.25) is 15.9 Å². The van der Waals surface area contributed by atoms with Crippen LogP contribution in [0.1, 0.15) is 11.5 Å². The van der Waals surface area contributed by atoms with Crippen molar-refractivity contribution in [3.8, 4) is 0 Å². The minimum atomic E-state index is -3.90. The Labute approximate surface area is 143 Å². The van der Waals surface area contributed by atoms with Crippen molar-refractivity contribution in [1.82, 2.24) is 9.88 Å². The number of halogens is 2. The van der Waals surface area contributed by atoms with Crippen LogP contribution in [0.25, 0.3) is 0 Å². The van der Waals surface area contributed by atoms with Gasteiger partial charge < -0.3 is 9.84 Å². The highest BCUT2D eigenvalue weighted by molar-refractivity contribution is 7.89. The molecule has 0 aliphatic heterocycles. The number of aromatic nitrogens is 1. The summed E-state index contributed by atoms with van der Waals surface area (Å²) in [5.41, 5.74) is 0.584. The molecule has 0 unspecified atom stereocenters. The first-order valence-electron chi connectivity index (χ1n) is 6.37. The average molecular weight is 378 g/mol. The van der Waals surface area contributed by atoms with Gasteiger partial charge in [-0.05, 0) is 32.0 Å². The van der Waals surface area contributed by atoms with Gasteiger partial charge >= 0.3 is 0 Å². The number of hydrogen-bond acceptors (Lipinski definition) is 5. The van der Waals surface area contributed by atoms with Crippen LogP contribution < -0.4 is 10.0 Å². The van der Waals surface area contributed by atoms with Crippen LogP contribution in [0, 0.1) is 13.8 Å². The van der Waals surface area contributed by atoms with Crippen molar-refractivity contribution in [3.63, 3.8) is 0 Å². The molecule has 7 nitrogen and oxygen atoms in total. The molecule has 0 radical (unpaired) electrons. The number of hydrogen-bond donors (Lipinski definition) is 2. The van der Waals surface area contributed by atoms with Crippen molar-refractivity contribution in [3.05, 3.63) is 39.7 Å². The number of benzene rings is 1. The summed E-state index contributed by atoms with van der Waals surface area (Å²) in [5, 5.41) is 6.77. The second-order valence-corrected chi connectivity index (χ2v) is 7.26. The van der Waals surface area contributed by atoms with Gasteiger partial charge in [0.05, 0.1) is 6.54 Å². The van der Waals surface area contributed by atoms with Crippen molar-refractivity contribution in [2.75, 3.05) is 11.9 Å². The Balaban J connectivity index is 2.04. The highest BCUT2D eigenvalue weighted by atomic mass is 35.5. The quantitative estimate of drug-likeness (QED) is 0.833. The van der Waals surface area contributed by atoms with E-state index in [1.165, 1.54) is 32.0 Å². The smallest absolute Gasteiger partial charge is 0.246 e. The van der Waals surface area contributed by atoms with E-state index in [0.29, 0.717) is 15.7 Å². The lowest BCUT2D eigenvalue weighted by atomic mass is 10.3. The number of rotatable bonds is 5. The Hall–Kier alpha value is -1.61. The molecule has 0 saturated heterocycles. The number of aryl methyl sites for hydroxylation is 2. The first-order chi connectivity index (χ1) is 10.7. The third kappa shape index (κ3) is 4.44. The van der Waals surface area contributed by atoms with E-state index in [1.807, 2.05) is 0 Å². The summed E-state index contributed by atoms with van der Waals surface area (Å²) in [6, 6.07) is 4.50. The predicted molar refractivity (Wildman–Crippen MR) is 86.3 cm³/mol. The number of sulfonamides is 1. The topological polar surface area (TPSA) is 101 Å². The summed E-state index contributed by atoms with van der Waals surface area (Å²) in [7, 11) is -3.90. The van der Waals surface area contributed by atoms with E-state index in [-0.39, 0.29) is 16.3 Å². The van der Waals surface area contributed by atoms with E-state index in [2.05, 4.69) is 15.2 Å². The van der Waals surface area contributed by atoms with E-state index in [1.54, 1.807) is 0 Å². The van der Waals surface area contributed by atoms with Gasteiger partial charge in [-0.15, -0.1) is 0 Å². The summed E-state index contributed by atoms with van der Waals surface area (Å²) in [5.74, 6) is -0.421. The average Bonchev–Trinajstić information content (AvgIpc) is 2.75. The zero-order valence-electron chi connectivity index (χ0n) is 12.2. The molecule has 124 valence electrons. The maximum Gasteiger partial charge on any atom is 0.246 e. The third-order valence-electron chi connectivity index (χ3n) is 2.81. The molecule has 1 amide bonds. The molecule has 1 aromatic heterocycles. The number of nitrogens with zero attached hydrogens (tertiary/aromatic N) is 1. The largest absolute Gasteiger partial charge is 0.360 e. The predicted octanol–water partition coefficient (Wildman–Crippen LogP) is 2.52. The summed E-state index contributed by atoms with van der Waals surface area (Å²) < 4.78 is 31.3. The number of amides is 1. The first-order valence-corrected chi connectivity index (χ1v) is 8.61. The fraction of sp³-hybridized carbons (Fsp3) is 0.231. The van der Waals surface area contributed by atoms with E-state index in [9.17, 15) is 13.2 Å². The van der Waals surface area contributed by atoms with Gasteiger partial charge in [0.25, 0.3) is 0 Å². The van der Waals surface area contributed by atoms with Crippen LogP contribution in [0.3, 0.4) is 0 Å². The Morgan fingerprint density at radius 3 is 2.35 bits per heavy atom. The maximum absolute atomic E-state index is 12.2. The summed E-state index contributed by atoms with van der Waals surface area (Å²) in [6.07, 6.45) is 0. The Morgan fingerprint density at radius 2 is 1.83 bits per heavy atom. The van der Waals surface area contributed by atoms with Gasteiger partial charge in [0.15, 0.2) is 5.76 Å². The monoisotopic (exact) mass is 377 g/mol. The molecule has 23 heavy (non-hydrogen) atoms. The lowest BCUT2D eigenvalue weighted by molar-refractivity contribution is -0.115. The fourth-order valence-corrected chi connectivity index (χ4v) is 3.76. The van der Waals surface area contributed by atoms with Gasteiger partial charge in [0.1, 0.15) is 10.6 Å². The van der Waals surface area contributed by atoms with Crippen LogP contribution >= 0.6 is 23.2 Å². The third-order valence-corrected chi connectivity index (χ3v) is 4.89. The van der Waals surface area contributed by atoms with Crippen LogP contribution in [0.4, 0.5) is 5.69 Å². The van der Waals surface area contributed by atoms with Gasteiger partial charge in [-0.2, -0.15) is 0 Å². The van der Waals surface area contributed by atoms with Crippen LogP contribution in [0.2, 0.25) is 10.0 Å². The Bertz CT molecular complexity index is 809. The van der Waals surface area contributed by atoms with Gasteiger partial charge in [-0.3, -0.25) is 4.79 Å². The molecule has 1 aromatic carbocycles. The number of nitrogens with one attached hydrogen (secondary N) is 2. The van der Waals surface area contributed by atoms with Crippen molar-refractivity contribution in [2.45, 2.75) is 18.7 Å². The van der Waals surface area contributed by atoms with E-state index < -0.39 is 22.5 Å². The molecule has 0 aliphatic carbocycles. The minimum absolute atomic E-state index is 0.0731. The first kappa shape index (κ1) is 17.7. The summed E-state index contributed by atoms with van der Waals surface area (Å²) in [4.78, 5) is 11.8. The summed E-state index contributed by atoms with van der Waals surface area (Å²) in [6.45, 7) is 2.51. The summed E-state index contributed by atoms with van der Waals surface area (Å²) >= 11 is 11.6. The zero-order chi connectivity index (χ0) is 17.2. The van der Waals surface area contributed by atoms with Gasteiger partial charge in [-0.1, -0.05) is 28.4 Å². The minimum Gasteiger partial charge on any atom is -0.360 e. The molecule has 0 saturated carbocycles. The van der Waals surface area contributed by atoms with Crippen molar-refractivity contribution >= 4 is 44.8 Å². The van der Waals surface area contributed by atoms with Crippen molar-refractivity contribution in [2.24, 2.45) is 0 Å². The molecule has 1 heterocycles. The maximum atomic E-state index is 12.2. The van der Waals surface area contributed by atoms with Crippen molar-refractivity contribution < 1.29 is 17.7 Å². The van der Waals surface area contributed by atoms with E-state index in [0.717, 1.165) is 0 Å². The standard InChI is InChI=1S/C13H13Cl2N3O4S/c1-7-13(8(2)22-18-7)23(20,21)16-6-12(19)17-11-4-9(14)3-10(15)5-11/h3-5,16H,6H2,1-2H3,(H,17,19). The molecular weight excluding hydrogens is 365 g/mol. The van der Waals surface area contributed by atoms with Gasteiger partial charge in [-0.25, -0.2) is 13.1 Å². The fourth-order valence-electron chi connectivity index (χ4n) is 1.92. The molecule has 2 aromatic rings. The molecule has 10 heteroatoms. The lowest BCUT2D eigenvalue weighted by Gasteiger charge is -2.08. The van der Waals surface area contributed by atoms with Crippen LogP contribution in [0.5, 0.6) is 0 Å². The highest BCUT2D eigenvalue weighted by Gasteiger charge is 2.24. The molecule has 0 spiro atoms. The van der Waals surface area contributed by atoms with Crippen LogP contribution in [-0.2, 0) is 14.8 Å². The molecule has 0 bridgehead atoms. The van der Waals surface area contributed by atoms with E-state index >= 15 is 0 Å². The number of carbonyl (C=O) groups is 1. The molecule has 0 atom stereocenters. The lowest BCUT2D eigenvalue weighted by Crippen LogP contribution is -2.33. The van der Waals surface area contributed by atoms with E-state index in [4.69, 9.17) is 27.7 Å². The second-order valence-electron chi connectivity index (χ2n) is 4.68. The molecule has 2 rings (SSSR count). The Morgan fingerprint density at radius 1 is 1.22 bits per heavy atom. The second kappa shape index (κ2) is 6.88. The molecular formula is C13H13Cl2N3O4S. The van der Waals surface area contributed by atoms with Crippen molar-refractivity contribution in [1.29, 1.82) is 0 Å². The number of anilines is 1. The molecule has 0 fully saturated rings. The molecule has 2 N–H and O–H groups in total. The Kier molecular flexibility index (Phi) is 5.30. The van der Waals surface area contributed by atoms with Crippen LogP contribution in [-0.4, -0.2) is 26.0 Å². The molecule has 0 aliphatic rings. The zero-order valence-corrected chi connectivity index (χ0v) is 14.5. The SMILES string of the molecule is Cc1noc(C)c1S(=O)(=O)NCC(=O)Nc1cc(Cl)cc(Cl)c1. The van der Waals surface area contributed by atoms with Gasteiger partial charge in [0, 0.05) is 15.7 Å².